The molecule has 1 saturated heterocycles. The Morgan fingerprint density at radius 2 is 1.82 bits per heavy atom. The van der Waals surface area contributed by atoms with Gasteiger partial charge in [-0.15, -0.1) is 0 Å². The molecule has 7 nitrogen and oxygen atoms in total. The zero-order valence-electron chi connectivity index (χ0n) is 20.5. The van der Waals surface area contributed by atoms with Gasteiger partial charge in [0.05, 0.1) is 12.6 Å². The molecule has 2 fully saturated rings. The summed E-state index contributed by atoms with van der Waals surface area (Å²) >= 11 is 6.05. The van der Waals surface area contributed by atoms with Crippen LogP contribution in [0.1, 0.15) is 64.4 Å². The van der Waals surface area contributed by atoms with E-state index in [0.717, 1.165) is 37.7 Å². The first-order valence-corrected chi connectivity index (χ1v) is 13.2. The molecule has 1 aliphatic carbocycles. The molecule has 2 aliphatic rings. The fraction of sp³-hybridized carbons (Fsp3) is 0.654. The normalized spacial score (nSPS) is 19.6. The topological polar surface area (TPSA) is 81.8 Å². The highest BCUT2D eigenvalue weighted by molar-refractivity contribution is 6.30. The number of amides is 3. The van der Waals surface area contributed by atoms with Crippen LogP contribution in [0.3, 0.4) is 0 Å². The second-order valence-corrected chi connectivity index (χ2v) is 9.80. The van der Waals surface area contributed by atoms with Crippen LogP contribution < -0.4 is 10.6 Å². The van der Waals surface area contributed by atoms with Gasteiger partial charge in [0, 0.05) is 31.2 Å². The maximum absolute atomic E-state index is 13.7. The number of nitrogens with one attached hydrogen (secondary N) is 2. The molecule has 2 atom stereocenters. The van der Waals surface area contributed by atoms with E-state index in [1.807, 2.05) is 32.0 Å². The van der Waals surface area contributed by atoms with Crippen LogP contribution in [-0.4, -0.2) is 65.8 Å². The molecule has 1 heterocycles. The Bertz CT molecular complexity index is 839. The van der Waals surface area contributed by atoms with Crippen LogP contribution in [-0.2, 0) is 20.9 Å². The number of carbonyl (C=O) groups is 3. The van der Waals surface area contributed by atoms with Crippen LogP contribution in [0, 0.1) is 5.92 Å². The minimum absolute atomic E-state index is 0.0100. The monoisotopic (exact) mass is 490 g/mol. The van der Waals surface area contributed by atoms with Crippen molar-refractivity contribution >= 4 is 29.3 Å². The zero-order valence-corrected chi connectivity index (χ0v) is 21.3. The Morgan fingerprint density at radius 3 is 2.50 bits per heavy atom. The zero-order chi connectivity index (χ0) is 24.5. The summed E-state index contributed by atoms with van der Waals surface area (Å²) in [5.74, 6) is 0.0319. The molecule has 8 heteroatoms. The molecule has 2 N–H and O–H groups in total. The highest BCUT2D eigenvalue weighted by atomic mass is 35.5. The lowest BCUT2D eigenvalue weighted by Gasteiger charge is -2.35. The second-order valence-electron chi connectivity index (χ2n) is 9.36. The minimum atomic E-state index is -0.474. The van der Waals surface area contributed by atoms with Gasteiger partial charge in [-0.25, -0.2) is 0 Å². The third-order valence-corrected chi connectivity index (χ3v) is 7.41. The fourth-order valence-corrected chi connectivity index (χ4v) is 5.46. The first kappa shape index (κ1) is 26.5. The van der Waals surface area contributed by atoms with Gasteiger partial charge in [0.2, 0.25) is 17.7 Å². The third kappa shape index (κ3) is 6.95. The van der Waals surface area contributed by atoms with Crippen molar-refractivity contribution in [3.8, 4) is 0 Å². The average molecular weight is 491 g/mol. The minimum Gasteiger partial charge on any atom is -0.350 e. The summed E-state index contributed by atoms with van der Waals surface area (Å²) in [6, 6.07) is 6.50. The van der Waals surface area contributed by atoms with E-state index in [9.17, 15) is 14.4 Å². The fourth-order valence-electron chi connectivity index (χ4n) is 5.24. The number of hydrogen-bond donors (Lipinski definition) is 2. The molecule has 3 amide bonds. The number of nitrogens with zero attached hydrogens (tertiary/aromatic N) is 2. The van der Waals surface area contributed by atoms with Crippen molar-refractivity contribution in [1.82, 2.24) is 20.4 Å². The Balaban J connectivity index is 1.66. The van der Waals surface area contributed by atoms with Gasteiger partial charge < -0.3 is 15.1 Å². The predicted octanol–water partition coefficient (Wildman–Crippen LogP) is 3.35. The van der Waals surface area contributed by atoms with Crippen LogP contribution in [0.4, 0.5) is 0 Å². The number of likely N-dealkylation sites (N-methyl/N-ethyl adjacent to an activating group) is 1. The second kappa shape index (κ2) is 13.1. The van der Waals surface area contributed by atoms with Gasteiger partial charge in [0.15, 0.2) is 0 Å². The predicted molar refractivity (Wildman–Crippen MR) is 134 cm³/mol. The van der Waals surface area contributed by atoms with E-state index >= 15 is 0 Å². The molecule has 34 heavy (non-hydrogen) atoms. The summed E-state index contributed by atoms with van der Waals surface area (Å²) < 4.78 is 0. The van der Waals surface area contributed by atoms with Crippen molar-refractivity contribution in [1.29, 1.82) is 0 Å². The third-order valence-electron chi connectivity index (χ3n) is 7.17. The van der Waals surface area contributed by atoms with E-state index in [0.29, 0.717) is 37.6 Å². The van der Waals surface area contributed by atoms with Crippen LogP contribution in [0.15, 0.2) is 24.3 Å². The summed E-state index contributed by atoms with van der Waals surface area (Å²) in [5, 5.41) is 6.92. The number of benzene rings is 1. The molecule has 0 bridgehead atoms. The van der Waals surface area contributed by atoms with Crippen molar-refractivity contribution in [2.75, 3.05) is 26.2 Å². The van der Waals surface area contributed by atoms with Gasteiger partial charge in [0.1, 0.15) is 6.04 Å². The number of rotatable bonds is 10. The SMILES string of the molecule is CCN(CC)C(=O)CN[C@@H](C(=O)N1CCC[C@H]1C(=O)NCc1cccc(Cl)c1)C1CCCCC1. The quantitative estimate of drug-likeness (QED) is 0.527. The molecule has 188 valence electrons. The van der Waals surface area contributed by atoms with Crippen LogP contribution in [0.5, 0.6) is 0 Å². The van der Waals surface area contributed by atoms with E-state index in [1.54, 1.807) is 15.9 Å². The van der Waals surface area contributed by atoms with Gasteiger partial charge in [-0.1, -0.05) is 43.0 Å². The molecule has 0 spiro atoms. The molecule has 0 unspecified atom stereocenters. The number of hydrogen-bond acceptors (Lipinski definition) is 4. The summed E-state index contributed by atoms with van der Waals surface area (Å²) in [5.41, 5.74) is 0.924. The summed E-state index contributed by atoms with van der Waals surface area (Å²) in [4.78, 5) is 42.9. The maximum Gasteiger partial charge on any atom is 0.243 e. The molecule has 1 saturated carbocycles. The number of carbonyl (C=O) groups excluding carboxylic acids is 3. The number of likely N-dealkylation sites (tertiary alicyclic amines) is 1. The lowest BCUT2D eigenvalue weighted by atomic mass is 9.83. The molecule has 1 aliphatic heterocycles. The Morgan fingerprint density at radius 1 is 1.09 bits per heavy atom. The summed E-state index contributed by atoms with van der Waals surface area (Å²) in [6.45, 7) is 6.32. The van der Waals surface area contributed by atoms with E-state index in [2.05, 4.69) is 10.6 Å². The average Bonchev–Trinajstić information content (AvgIpc) is 3.34. The van der Waals surface area contributed by atoms with Gasteiger partial charge in [0.25, 0.3) is 0 Å². The molecule has 0 aromatic heterocycles. The Kier molecular flexibility index (Phi) is 10.2. The molecule has 3 rings (SSSR count). The van der Waals surface area contributed by atoms with Gasteiger partial charge >= 0.3 is 0 Å². The smallest absolute Gasteiger partial charge is 0.243 e. The van der Waals surface area contributed by atoms with Gasteiger partial charge in [-0.2, -0.15) is 0 Å². The highest BCUT2D eigenvalue weighted by Gasteiger charge is 2.40. The lowest BCUT2D eigenvalue weighted by Crippen LogP contribution is -2.56. The van der Waals surface area contributed by atoms with Crippen molar-refractivity contribution in [3.63, 3.8) is 0 Å². The van der Waals surface area contributed by atoms with Crippen molar-refractivity contribution in [3.05, 3.63) is 34.9 Å². The summed E-state index contributed by atoms with van der Waals surface area (Å²) in [6.07, 6.45) is 6.80. The lowest BCUT2D eigenvalue weighted by molar-refractivity contribution is -0.141. The standard InChI is InChI=1S/C26H39ClN4O3/c1-3-30(4-2)23(32)18-28-24(20-11-6-5-7-12-20)26(34)31-15-9-14-22(31)25(33)29-17-19-10-8-13-21(27)16-19/h8,10,13,16,20,22,24,28H,3-7,9,11-12,14-15,17-18H2,1-2H3,(H,29,33)/t22-,24+/m0/s1. The van der Waals surface area contributed by atoms with Crippen LogP contribution in [0.25, 0.3) is 0 Å². The van der Waals surface area contributed by atoms with Crippen LogP contribution >= 0.6 is 11.6 Å². The molecular weight excluding hydrogens is 452 g/mol. The Labute approximate surface area is 208 Å². The molecular formula is C26H39ClN4O3. The maximum atomic E-state index is 13.7. The van der Waals surface area contributed by atoms with Crippen molar-refractivity contribution in [2.24, 2.45) is 5.92 Å². The van der Waals surface area contributed by atoms with E-state index in [-0.39, 0.29) is 30.2 Å². The summed E-state index contributed by atoms with van der Waals surface area (Å²) in [7, 11) is 0. The largest absolute Gasteiger partial charge is 0.350 e. The van der Waals surface area contributed by atoms with E-state index < -0.39 is 12.1 Å². The first-order chi connectivity index (χ1) is 16.4. The molecule has 1 aromatic carbocycles. The van der Waals surface area contributed by atoms with Crippen LogP contribution in [0.2, 0.25) is 5.02 Å². The Hall–Kier alpha value is -2.12. The van der Waals surface area contributed by atoms with E-state index in [1.165, 1.54) is 6.42 Å². The highest BCUT2D eigenvalue weighted by Crippen LogP contribution is 2.29. The first-order valence-electron chi connectivity index (χ1n) is 12.8. The van der Waals surface area contributed by atoms with Crippen molar-refractivity contribution < 1.29 is 14.4 Å². The van der Waals surface area contributed by atoms with Gasteiger partial charge in [-0.3, -0.25) is 19.7 Å². The molecule has 0 radical (unpaired) electrons. The van der Waals surface area contributed by atoms with E-state index in [4.69, 9.17) is 11.6 Å². The number of halogens is 1. The van der Waals surface area contributed by atoms with Gasteiger partial charge in [-0.05, 0) is 63.1 Å². The molecule has 1 aromatic rings. The van der Waals surface area contributed by atoms with Crippen molar-refractivity contribution in [2.45, 2.75) is 77.4 Å².